The van der Waals surface area contributed by atoms with Crippen LogP contribution in [0.1, 0.15) is 19.8 Å². The Labute approximate surface area is 118 Å². The average Bonchev–Trinajstić information content (AvgIpc) is 2.65. The second-order valence-corrected chi connectivity index (χ2v) is 5.51. The van der Waals surface area contributed by atoms with Gasteiger partial charge in [0, 0.05) is 12.2 Å². The van der Waals surface area contributed by atoms with Crippen molar-refractivity contribution in [1.82, 2.24) is 5.32 Å². The molecule has 1 aromatic rings. The van der Waals surface area contributed by atoms with Gasteiger partial charge in [0.2, 0.25) is 0 Å². The van der Waals surface area contributed by atoms with Crippen LogP contribution in [0.15, 0.2) is 30.3 Å². The van der Waals surface area contributed by atoms with Crippen molar-refractivity contribution in [3.05, 3.63) is 30.3 Å². The first-order valence-corrected chi connectivity index (χ1v) is 7.72. The number of anilines is 1. The van der Waals surface area contributed by atoms with Crippen LogP contribution < -0.4 is 10.2 Å². The Bertz CT molecular complexity index is 400. The minimum atomic E-state index is -0.345. The first-order chi connectivity index (χ1) is 9.31. The Balaban J connectivity index is 2.09. The number of ether oxygens (including phenoxy) is 1. The van der Waals surface area contributed by atoms with Gasteiger partial charge in [-0.3, -0.25) is 5.32 Å². The van der Waals surface area contributed by atoms with E-state index in [-0.39, 0.29) is 11.6 Å². The predicted octanol–water partition coefficient (Wildman–Crippen LogP) is 3.05. The SMILES string of the molecule is CCOC(=O)NC1SCCCCN1c1ccccc1. The number of alkyl carbamates (subject to hydrolysis) is 1. The first-order valence-electron chi connectivity index (χ1n) is 6.68. The van der Waals surface area contributed by atoms with Crippen LogP contribution >= 0.6 is 11.8 Å². The number of thioether (sulfide) groups is 1. The summed E-state index contributed by atoms with van der Waals surface area (Å²) in [6, 6.07) is 10.2. The molecule has 0 aromatic heterocycles. The largest absolute Gasteiger partial charge is 0.450 e. The standard InChI is InChI=1S/C14H20N2O2S/c1-2-18-14(17)15-13-16(10-6-7-11-19-13)12-8-4-3-5-9-12/h3-5,8-9,13H,2,6-7,10-11H2,1H3,(H,15,17). The molecule has 1 atom stereocenters. The lowest BCUT2D eigenvalue weighted by Crippen LogP contribution is -2.46. The van der Waals surface area contributed by atoms with Gasteiger partial charge in [-0.1, -0.05) is 18.2 Å². The van der Waals surface area contributed by atoms with E-state index in [0.29, 0.717) is 6.61 Å². The Morgan fingerprint density at radius 1 is 1.42 bits per heavy atom. The van der Waals surface area contributed by atoms with Crippen molar-refractivity contribution in [1.29, 1.82) is 0 Å². The Hall–Kier alpha value is -1.36. The van der Waals surface area contributed by atoms with Gasteiger partial charge in [-0.05, 0) is 37.7 Å². The normalized spacial score (nSPS) is 19.6. The van der Waals surface area contributed by atoms with Gasteiger partial charge in [0.15, 0.2) is 5.50 Å². The van der Waals surface area contributed by atoms with Gasteiger partial charge in [0.1, 0.15) is 0 Å². The van der Waals surface area contributed by atoms with E-state index < -0.39 is 0 Å². The molecule has 0 aliphatic carbocycles. The predicted molar refractivity (Wildman–Crippen MR) is 79.4 cm³/mol. The summed E-state index contributed by atoms with van der Waals surface area (Å²) in [5, 5.41) is 2.94. The number of hydrogen-bond donors (Lipinski definition) is 1. The zero-order valence-electron chi connectivity index (χ0n) is 11.2. The number of hydrogen-bond acceptors (Lipinski definition) is 4. The Kier molecular flexibility index (Phi) is 5.39. The maximum Gasteiger partial charge on any atom is 0.409 e. The highest BCUT2D eigenvalue weighted by molar-refractivity contribution is 7.99. The van der Waals surface area contributed by atoms with E-state index in [0.717, 1.165) is 24.4 Å². The second kappa shape index (κ2) is 7.28. The third kappa shape index (κ3) is 4.06. The molecule has 5 heteroatoms. The number of nitrogens with one attached hydrogen (secondary N) is 1. The molecule has 1 fully saturated rings. The van der Waals surface area contributed by atoms with Gasteiger partial charge in [-0.25, -0.2) is 4.79 Å². The first kappa shape index (κ1) is 14.1. The van der Waals surface area contributed by atoms with Gasteiger partial charge in [0.25, 0.3) is 0 Å². The van der Waals surface area contributed by atoms with Crippen molar-refractivity contribution in [2.24, 2.45) is 0 Å². The van der Waals surface area contributed by atoms with E-state index in [2.05, 4.69) is 22.3 Å². The zero-order chi connectivity index (χ0) is 13.5. The number of rotatable bonds is 3. The molecule has 1 aliphatic heterocycles. The number of benzene rings is 1. The summed E-state index contributed by atoms with van der Waals surface area (Å²) in [5.41, 5.74) is 1.09. The number of carbonyl (C=O) groups is 1. The summed E-state index contributed by atoms with van der Waals surface area (Å²) >= 11 is 1.76. The molecule has 1 saturated heterocycles. The molecule has 1 heterocycles. The van der Waals surface area contributed by atoms with Crippen LogP contribution in [-0.4, -0.2) is 30.5 Å². The minimum Gasteiger partial charge on any atom is -0.450 e. The summed E-state index contributed by atoms with van der Waals surface area (Å²) < 4.78 is 4.98. The molecule has 0 saturated carbocycles. The summed E-state index contributed by atoms with van der Waals surface area (Å²) in [7, 11) is 0. The van der Waals surface area contributed by atoms with Gasteiger partial charge in [-0.2, -0.15) is 0 Å². The van der Waals surface area contributed by atoms with Crippen LogP contribution in [0, 0.1) is 0 Å². The fourth-order valence-electron chi connectivity index (χ4n) is 2.06. The quantitative estimate of drug-likeness (QED) is 0.924. The number of carbonyl (C=O) groups excluding carboxylic acids is 1. The molecule has 1 N–H and O–H groups in total. The molecule has 1 aromatic carbocycles. The van der Waals surface area contributed by atoms with Crippen molar-refractivity contribution < 1.29 is 9.53 Å². The van der Waals surface area contributed by atoms with Crippen LogP contribution in [-0.2, 0) is 4.74 Å². The Morgan fingerprint density at radius 2 is 2.21 bits per heavy atom. The Morgan fingerprint density at radius 3 is 2.95 bits per heavy atom. The lowest BCUT2D eigenvalue weighted by molar-refractivity contribution is 0.151. The molecule has 4 nitrogen and oxygen atoms in total. The molecule has 0 bridgehead atoms. The van der Waals surface area contributed by atoms with E-state index in [4.69, 9.17) is 4.74 Å². The van der Waals surface area contributed by atoms with Crippen molar-refractivity contribution in [3.8, 4) is 0 Å². The maximum absolute atomic E-state index is 11.6. The minimum absolute atomic E-state index is 0.0519. The van der Waals surface area contributed by atoms with E-state index in [1.165, 1.54) is 6.42 Å². The highest BCUT2D eigenvalue weighted by Crippen LogP contribution is 2.26. The average molecular weight is 280 g/mol. The van der Waals surface area contributed by atoms with Crippen molar-refractivity contribution in [3.63, 3.8) is 0 Å². The summed E-state index contributed by atoms with van der Waals surface area (Å²) in [5.74, 6) is 1.06. The summed E-state index contributed by atoms with van der Waals surface area (Å²) in [6.07, 6.45) is 1.97. The lowest BCUT2D eigenvalue weighted by atomic mass is 10.2. The topological polar surface area (TPSA) is 41.6 Å². The molecule has 1 amide bonds. The molecule has 104 valence electrons. The highest BCUT2D eigenvalue weighted by atomic mass is 32.2. The monoisotopic (exact) mass is 280 g/mol. The van der Waals surface area contributed by atoms with Crippen molar-refractivity contribution >= 4 is 23.5 Å². The second-order valence-electron chi connectivity index (χ2n) is 4.32. The molecule has 1 unspecified atom stereocenters. The fraction of sp³-hybridized carbons (Fsp3) is 0.500. The number of amides is 1. The highest BCUT2D eigenvalue weighted by Gasteiger charge is 2.23. The smallest absolute Gasteiger partial charge is 0.409 e. The van der Waals surface area contributed by atoms with Gasteiger partial charge in [-0.15, -0.1) is 11.8 Å². The molecular weight excluding hydrogens is 260 g/mol. The van der Waals surface area contributed by atoms with E-state index in [9.17, 15) is 4.79 Å². The maximum atomic E-state index is 11.6. The zero-order valence-corrected chi connectivity index (χ0v) is 12.0. The van der Waals surface area contributed by atoms with E-state index >= 15 is 0 Å². The van der Waals surface area contributed by atoms with Crippen LogP contribution in [0.25, 0.3) is 0 Å². The van der Waals surface area contributed by atoms with E-state index in [1.807, 2.05) is 25.1 Å². The third-order valence-electron chi connectivity index (χ3n) is 2.96. The van der Waals surface area contributed by atoms with Crippen LogP contribution in [0.4, 0.5) is 10.5 Å². The van der Waals surface area contributed by atoms with Crippen molar-refractivity contribution in [2.45, 2.75) is 25.3 Å². The van der Waals surface area contributed by atoms with Gasteiger partial charge < -0.3 is 9.64 Å². The van der Waals surface area contributed by atoms with Gasteiger partial charge in [0.05, 0.1) is 6.61 Å². The number of para-hydroxylation sites is 1. The fourth-order valence-corrected chi connectivity index (χ4v) is 3.24. The molecule has 0 radical (unpaired) electrons. The number of nitrogens with zero attached hydrogens (tertiary/aromatic N) is 1. The summed E-state index contributed by atoms with van der Waals surface area (Å²) in [4.78, 5) is 13.9. The molecular formula is C14H20N2O2S. The van der Waals surface area contributed by atoms with Crippen LogP contribution in [0.3, 0.4) is 0 Å². The molecule has 0 spiro atoms. The van der Waals surface area contributed by atoms with Crippen LogP contribution in [0.5, 0.6) is 0 Å². The molecule has 2 rings (SSSR count). The molecule has 19 heavy (non-hydrogen) atoms. The van der Waals surface area contributed by atoms with Crippen LogP contribution in [0.2, 0.25) is 0 Å². The van der Waals surface area contributed by atoms with Gasteiger partial charge >= 0.3 is 6.09 Å². The van der Waals surface area contributed by atoms with E-state index in [1.54, 1.807) is 11.8 Å². The summed E-state index contributed by atoms with van der Waals surface area (Å²) in [6.45, 7) is 3.16. The lowest BCUT2D eigenvalue weighted by Gasteiger charge is -2.31. The molecule has 1 aliphatic rings. The third-order valence-corrected chi connectivity index (χ3v) is 4.17. The van der Waals surface area contributed by atoms with Crippen molar-refractivity contribution in [2.75, 3.05) is 23.8 Å².